The van der Waals surface area contributed by atoms with Crippen molar-refractivity contribution in [3.63, 3.8) is 0 Å². The molecular weight excluding hydrogens is 398 g/mol. The third-order valence-corrected chi connectivity index (χ3v) is 4.42. The van der Waals surface area contributed by atoms with Crippen molar-refractivity contribution in [1.82, 2.24) is 4.57 Å². The lowest BCUT2D eigenvalue weighted by Crippen LogP contribution is -2.28. The number of aromatic nitrogens is 1. The van der Waals surface area contributed by atoms with Gasteiger partial charge in [-0.2, -0.15) is 21.6 Å². The number of esters is 1. The minimum Gasteiger partial charge on any atom is -0.462 e. The molecule has 0 bridgehead atoms. The molecule has 0 atom stereocenters. The topological polar surface area (TPSA) is 91.7 Å². The maximum Gasteiger partial charge on any atom is 0.534 e. The van der Waals surface area contributed by atoms with E-state index in [0.717, 1.165) is 6.20 Å². The molecule has 0 amide bonds. The average molecular weight is 411 g/mol. The summed E-state index contributed by atoms with van der Waals surface area (Å²) in [4.78, 5) is 24.3. The van der Waals surface area contributed by atoms with Gasteiger partial charge in [0, 0.05) is 24.2 Å². The van der Waals surface area contributed by atoms with Crippen LogP contribution in [-0.2, 0) is 21.4 Å². The maximum atomic E-state index is 14.1. The number of benzene rings is 1. The number of aryl methyl sites for hydroxylation is 1. The van der Waals surface area contributed by atoms with Crippen LogP contribution >= 0.6 is 0 Å². The Balaban J connectivity index is 2.72. The van der Waals surface area contributed by atoms with Crippen molar-refractivity contribution >= 4 is 27.0 Å². The molecule has 0 fully saturated rings. The van der Waals surface area contributed by atoms with Gasteiger partial charge in [-0.15, -0.1) is 0 Å². The minimum absolute atomic E-state index is 0.0150. The van der Waals surface area contributed by atoms with Gasteiger partial charge in [0.1, 0.15) is 5.56 Å². The number of pyridine rings is 1. The molecule has 1 aromatic heterocycles. The summed E-state index contributed by atoms with van der Waals surface area (Å²) in [6.07, 6.45) is 1.09. The fraction of sp³-hybridized carbons (Fsp3) is 0.333. The monoisotopic (exact) mass is 411 g/mol. The van der Waals surface area contributed by atoms with Crippen molar-refractivity contribution < 1.29 is 39.7 Å². The van der Waals surface area contributed by atoms with Crippen LogP contribution in [0.25, 0.3) is 10.9 Å². The third kappa shape index (κ3) is 3.89. The van der Waals surface area contributed by atoms with Gasteiger partial charge >= 0.3 is 21.6 Å². The van der Waals surface area contributed by atoms with Crippen molar-refractivity contribution in [1.29, 1.82) is 0 Å². The molecule has 1 heterocycles. The molecule has 0 saturated carbocycles. The third-order valence-electron chi connectivity index (χ3n) is 3.45. The predicted molar refractivity (Wildman–Crippen MR) is 85.4 cm³/mol. The second kappa shape index (κ2) is 7.18. The van der Waals surface area contributed by atoms with E-state index >= 15 is 0 Å². The van der Waals surface area contributed by atoms with E-state index in [0.29, 0.717) is 12.1 Å². The molecule has 0 N–H and O–H groups in total. The normalized spacial score (nSPS) is 12.2. The van der Waals surface area contributed by atoms with E-state index in [-0.39, 0.29) is 24.1 Å². The number of rotatable bonds is 5. The Hall–Kier alpha value is -2.63. The minimum atomic E-state index is -6.10. The summed E-state index contributed by atoms with van der Waals surface area (Å²) in [6, 6.07) is 1.15. The lowest BCUT2D eigenvalue weighted by atomic mass is 10.1. The summed E-state index contributed by atoms with van der Waals surface area (Å²) in [5.41, 5.74) is -7.20. The zero-order valence-corrected chi connectivity index (χ0v) is 14.8. The first-order valence-electron chi connectivity index (χ1n) is 7.47. The highest BCUT2D eigenvalue weighted by Gasteiger charge is 2.49. The molecule has 0 aliphatic rings. The zero-order valence-electron chi connectivity index (χ0n) is 14.0. The molecule has 2 rings (SSSR count). The highest BCUT2D eigenvalue weighted by molar-refractivity contribution is 7.88. The van der Waals surface area contributed by atoms with Gasteiger partial charge in [0.2, 0.25) is 5.43 Å². The predicted octanol–water partition coefficient (Wildman–Crippen LogP) is 2.57. The van der Waals surface area contributed by atoms with E-state index in [1.54, 1.807) is 6.92 Å². The second-order valence-electron chi connectivity index (χ2n) is 5.16. The van der Waals surface area contributed by atoms with E-state index in [4.69, 9.17) is 4.74 Å². The fourth-order valence-electron chi connectivity index (χ4n) is 2.24. The standard InChI is InChI=1S/C15H13F4NO6S/c1-3-20-7-9(14(22)25-4-2)13(21)8-5-10(16)12(6-11(8)20)26-27(23,24)15(17,18)19/h5-7H,3-4H2,1-2H3. The average Bonchev–Trinajstić information content (AvgIpc) is 2.55. The summed E-state index contributed by atoms with van der Waals surface area (Å²) >= 11 is 0. The van der Waals surface area contributed by atoms with Crippen LogP contribution in [0.5, 0.6) is 5.75 Å². The lowest BCUT2D eigenvalue weighted by molar-refractivity contribution is -0.0500. The second-order valence-corrected chi connectivity index (χ2v) is 6.70. The quantitative estimate of drug-likeness (QED) is 0.325. The van der Waals surface area contributed by atoms with Crippen LogP contribution in [0.3, 0.4) is 0 Å². The van der Waals surface area contributed by atoms with Crippen LogP contribution in [0.1, 0.15) is 24.2 Å². The summed E-state index contributed by atoms with van der Waals surface area (Å²) < 4.78 is 83.5. The first-order valence-corrected chi connectivity index (χ1v) is 8.88. The Morgan fingerprint density at radius 3 is 2.37 bits per heavy atom. The number of ether oxygens (including phenoxy) is 1. The molecule has 1 aromatic carbocycles. The molecule has 12 heteroatoms. The van der Waals surface area contributed by atoms with E-state index in [1.807, 2.05) is 0 Å². The van der Waals surface area contributed by atoms with Gasteiger partial charge in [0.25, 0.3) is 0 Å². The van der Waals surface area contributed by atoms with Crippen molar-refractivity contribution in [3.05, 3.63) is 39.9 Å². The Kier molecular flexibility index (Phi) is 5.50. The smallest absolute Gasteiger partial charge is 0.462 e. The van der Waals surface area contributed by atoms with Crippen molar-refractivity contribution in [2.45, 2.75) is 25.9 Å². The van der Waals surface area contributed by atoms with Gasteiger partial charge in [0.15, 0.2) is 11.6 Å². The maximum absolute atomic E-state index is 14.1. The molecule has 0 radical (unpaired) electrons. The summed E-state index contributed by atoms with van der Waals surface area (Å²) in [6.45, 7) is 3.20. The number of halogens is 4. The lowest BCUT2D eigenvalue weighted by Gasteiger charge is -2.14. The van der Waals surface area contributed by atoms with E-state index in [1.165, 1.54) is 11.5 Å². The SMILES string of the molecule is CCOC(=O)c1cn(CC)c2cc(OS(=O)(=O)C(F)(F)F)c(F)cc2c1=O. The van der Waals surface area contributed by atoms with Gasteiger partial charge in [-0.25, -0.2) is 9.18 Å². The summed E-state index contributed by atoms with van der Waals surface area (Å²) in [5, 5.41) is -0.350. The van der Waals surface area contributed by atoms with Gasteiger partial charge < -0.3 is 13.5 Å². The first kappa shape index (κ1) is 20.7. The zero-order chi connectivity index (χ0) is 20.6. The molecule has 0 spiro atoms. The molecule has 0 saturated heterocycles. The van der Waals surface area contributed by atoms with Crippen LogP contribution < -0.4 is 9.61 Å². The Labute approximate surface area is 150 Å². The Bertz CT molecular complexity index is 1060. The molecular formula is C15H13F4NO6S. The van der Waals surface area contributed by atoms with Gasteiger partial charge in [-0.05, 0) is 19.9 Å². The number of hydrogen-bond acceptors (Lipinski definition) is 6. The highest BCUT2D eigenvalue weighted by Crippen LogP contribution is 2.30. The number of carbonyl (C=O) groups excluding carboxylic acids is 1. The van der Waals surface area contributed by atoms with E-state index < -0.39 is 44.2 Å². The van der Waals surface area contributed by atoms with Crippen LogP contribution in [0.15, 0.2) is 23.1 Å². The van der Waals surface area contributed by atoms with Crippen LogP contribution in [-0.4, -0.2) is 31.1 Å². The number of fused-ring (bicyclic) bond motifs is 1. The first-order chi connectivity index (χ1) is 12.4. The van der Waals surface area contributed by atoms with Gasteiger partial charge in [-0.1, -0.05) is 0 Å². The molecule has 148 valence electrons. The largest absolute Gasteiger partial charge is 0.534 e. The highest BCUT2D eigenvalue weighted by atomic mass is 32.2. The Morgan fingerprint density at radius 2 is 1.85 bits per heavy atom. The molecule has 7 nitrogen and oxygen atoms in total. The van der Waals surface area contributed by atoms with Gasteiger partial charge in [0.05, 0.1) is 12.1 Å². The van der Waals surface area contributed by atoms with E-state index in [2.05, 4.69) is 4.18 Å². The van der Waals surface area contributed by atoms with Crippen LogP contribution in [0, 0.1) is 5.82 Å². The number of hydrogen-bond donors (Lipinski definition) is 0. The summed E-state index contributed by atoms with van der Waals surface area (Å²) in [7, 11) is -6.10. The fourth-order valence-corrected chi connectivity index (χ4v) is 2.70. The van der Waals surface area contributed by atoms with Crippen molar-refractivity contribution in [2.75, 3.05) is 6.61 Å². The molecule has 0 aliphatic heterocycles. The molecule has 27 heavy (non-hydrogen) atoms. The molecule has 2 aromatic rings. The summed E-state index contributed by atoms with van der Waals surface area (Å²) in [5.74, 6) is -3.70. The van der Waals surface area contributed by atoms with Crippen molar-refractivity contribution in [2.24, 2.45) is 0 Å². The molecule has 0 aliphatic carbocycles. The van der Waals surface area contributed by atoms with Crippen LogP contribution in [0.2, 0.25) is 0 Å². The number of carbonyl (C=O) groups is 1. The van der Waals surface area contributed by atoms with Crippen molar-refractivity contribution in [3.8, 4) is 5.75 Å². The van der Waals surface area contributed by atoms with Gasteiger partial charge in [-0.3, -0.25) is 4.79 Å². The number of nitrogens with zero attached hydrogens (tertiary/aromatic N) is 1. The Morgan fingerprint density at radius 1 is 1.22 bits per heavy atom. The number of alkyl halides is 3. The molecule has 0 unspecified atom stereocenters. The van der Waals surface area contributed by atoms with Crippen LogP contribution in [0.4, 0.5) is 17.6 Å². The van der Waals surface area contributed by atoms with E-state index in [9.17, 15) is 35.6 Å².